The number of sulfonamides is 1. The molecular formula is C11H16N2O5S2. The van der Waals surface area contributed by atoms with Crippen LogP contribution in [-0.2, 0) is 14.8 Å². The van der Waals surface area contributed by atoms with Crippen molar-refractivity contribution >= 4 is 33.2 Å². The lowest BCUT2D eigenvalue weighted by molar-refractivity contribution is -0.122. The molecule has 0 bridgehead atoms. The third-order valence-electron chi connectivity index (χ3n) is 2.39. The number of carbonyl (C=O) groups excluding carboxylic acids is 1. The molecule has 3 N–H and O–H groups in total. The van der Waals surface area contributed by atoms with Gasteiger partial charge in [-0.1, -0.05) is 6.92 Å². The largest absolute Gasteiger partial charge is 0.477 e. The lowest BCUT2D eigenvalue weighted by atomic mass is 10.3. The molecule has 7 nitrogen and oxygen atoms in total. The summed E-state index contributed by atoms with van der Waals surface area (Å²) >= 11 is 0.815. The first-order valence-corrected chi connectivity index (χ1v) is 8.26. The van der Waals surface area contributed by atoms with Crippen LogP contribution in [0, 0.1) is 0 Å². The highest BCUT2D eigenvalue weighted by molar-refractivity contribution is 7.89. The Kier molecular flexibility index (Phi) is 5.66. The van der Waals surface area contributed by atoms with Crippen molar-refractivity contribution in [2.24, 2.45) is 0 Å². The number of aromatic carboxylic acids is 1. The molecule has 1 aromatic heterocycles. The summed E-state index contributed by atoms with van der Waals surface area (Å²) in [5, 5.41) is 12.8. The van der Waals surface area contributed by atoms with Gasteiger partial charge in [0.15, 0.2) is 0 Å². The first-order chi connectivity index (χ1) is 9.29. The fourth-order valence-electron chi connectivity index (χ4n) is 1.42. The molecule has 1 unspecified atom stereocenters. The highest BCUT2D eigenvalue weighted by Crippen LogP contribution is 2.21. The van der Waals surface area contributed by atoms with Gasteiger partial charge < -0.3 is 10.4 Å². The van der Waals surface area contributed by atoms with Crippen molar-refractivity contribution in [1.82, 2.24) is 10.0 Å². The average Bonchev–Trinajstić information content (AvgIpc) is 2.85. The van der Waals surface area contributed by atoms with Gasteiger partial charge in [-0.15, -0.1) is 11.3 Å². The van der Waals surface area contributed by atoms with E-state index in [9.17, 15) is 18.0 Å². The lowest BCUT2D eigenvalue weighted by Crippen LogP contribution is -2.45. The van der Waals surface area contributed by atoms with E-state index in [0.29, 0.717) is 6.54 Å². The SMILES string of the molecule is CCCNC(=O)C(C)NS(=O)(=O)c1ccsc1C(=O)O. The minimum atomic E-state index is -4.04. The minimum Gasteiger partial charge on any atom is -0.477 e. The quantitative estimate of drug-likeness (QED) is 0.682. The summed E-state index contributed by atoms with van der Waals surface area (Å²) in [6, 6.07) is 0.223. The molecule has 0 aliphatic heterocycles. The van der Waals surface area contributed by atoms with E-state index in [2.05, 4.69) is 10.0 Å². The molecule has 1 rings (SSSR count). The zero-order valence-electron chi connectivity index (χ0n) is 11.0. The van der Waals surface area contributed by atoms with E-state index in [1.54, 1.807) is 0 Å². The molecule has 0 aliphatic rings. The second-order valence-corrected chi connectivity index (χ2v) is 6.65. The van der Waals surface area contributed by atoms with Crippen LogP contribution in [0.1, 0.15) is 29.9 Å². The smallest absolute Gasteiger partial charge is 0.347 e. The van der Waals surface area contributed by atoms with Crippen LogP contribution in [0.15, 0.2) is 16.3 Å². The van der Waals surface area contributed by atoms with E-state index >= 15 is 0 Å². The van der Waals surface area contributed by atoms with Crippen LogP contribution in [0.5, 0.6) is 0 Å². The molecule has 1 atom stereocenters. The van der Waals surface area contributed by atoms with Gasteiger partial charge >= 0.3 is 5.97 Å². The predicted molar refractivity (Wildman–Crippen MR) is 74.4 cm³/mol. The maximum Gasteiger partial charge on any atom is 0.347 e. The molecule has 0 aromatic carbocycles. The van der Waals surface area contributed by atoms with Gasteiger partial charge in [0, 0.05) is 6.54 Å². The third-order valence-corrected chi connectivity index (χ3v) is 5.00. The summed E-state index contributed by atoms with van der Waals surface area (Å²) < 4.78 is 26.3. The van der Waals surface area contributed by atoms with Gasteiger partial charge in [-0.3, -0.25) is 4.79 Å². The average molecular weight is 320 g/mol. The number of carboxylic acid groups (broad SMARTS) is 1. The Bertz CT molecular complexity index is 594. The first kappa shape index (κ1) is 16.6. The van der Waals surface area contributed by atoms with Crippen LogP contribution >= 0.6 is 11.3 Å². The normalized spacial score (nSPS) is 12.9. The van der Waals surface area contributed by atoms with Crippen molar-refractivity contribution in [2.75, 3.05) is 6.54 Å². The van der Waals surface area contributed by atoms with Crippen molar-refractivity contribution in [3.05, 3.63) is 16.3 Å². The Labute approximate surface area is 121 Å². The van der Waals surface area contributed by atoms with Gasteiger partial charge in [-0.2, -0.15) is 4.72 Å². The molecule has 0 radical (unpaired) electrons. The predicted octanol–water partition coefficient (Wildman–Crippen LogP) is 0.639. The molecule has 0 saturated carbocycles. The second kappa shape index (κ2) is 6.82. The van der Waals surface area contributed by atoms with E-state index in [1.807, 2.05) is 6.92 Å². The number of amides is 1. The summed E-state index contributed by atoms with van der Waals surface area (Å²) in [5.41, 5.74) is 0. The Balaban J connectivity index is 2.87. The summed E-state index contributed by atoms with van der Waals surface area (Å²) in [7, 11) is -4.04. The molecular weight excluding hydrogens is 304 g/mol. The van der Waals surface area contributed by atoms with Crippen LogP contribution in [0.3, 0.4) is 0 Å². The number of carbonyl (C=O) groups is 2. The number of thiophene rings is 1. The fourth-order valence-corrected chi connectivity index (χ4v) is 3.88. The van der Waals surface area contributed by atoms with Gasteiger partial charge in [-0.25, -0.2) is 13.2 Å². The Morgan fingerprint density at radius 2 is 2.10 bits per heavy atom. The van der Waals surface area contributed by atoms with Gasteiger partial charge in [0.1, 0.15) is 9.77 Å². The highest BCUT2D eigenvalue weighted by atomic mass is 32.2. The van der Waals surface area contributed by atoms with Crippen molar-refractivity contribution in [1.29, 1.82) is 0 Å². The zero-order chi connectivity index (χ0) is 15.3. The molecule has 112 valence electrons. The van der Waals surface area contributed by atoms with Crippen molar-refractivity contribution < 1.29 is 23.1 Å². The summed E-state index contributed by atoms with van der Waals surface area (Å²) in [5.74, 6) is -1.77. The van der Waals surface area contributed by atoms with E-state index in [4.69, 9.17) is 5.11 Å². The Morgan fingerprint density at radius 3 is 2.65 bits per heavy atom. The number of hydrogen-bond acceptors (Lipinski definition) is 5. The molecule has 0 fully saturated rings. The van der Waals surface area contributed by atoms with Crippen LogP contribution in [-0.4, -0.2) is 38.0 Å². The zero-order valence-corrected chi connectivity index (χ0v) is 12.7. The number of nitrogens with one attached hydrogen (secondary N) is 2. The fraction of sp³-hybridized carbons (Fsp3) is 0.455. The monoisotopic (exact) mass is 320 g/mol. The summed E-state index contributed by atoms with van der Waals surface area (Å²) in [6.45, 7) is 3.72. The van der Waals surface area contributed by atoms with Gasteiger partial charge in [0.2, 0.25) is 15.9 Å². The minimum absolute atomic E-state index is 0.279. The molecule has 1 aromatic rings. The topological polar surface area (TPSA) is 113 Å². The van der Waals surface area contributed by atoms with Crippen LogP contribution in [0.25, 0.3) is 0 Å². The van der Waals surface area contributed by atoms with Gasteiger partial charge in [0.25, 0.3) is 0 Å². The molecule has 0 aliphatic carbocycles. The molecule has 0 saturated heterocycles. The van der Waals surface area contributed by atoms with Crippen LogP contribution in [0.2, 0.25) is 0 Å². The molecule has 9 heteroatoms. The number of hydrogen-bond donors (Lipinski definition) is 3. The standard InChI is InChI=1S/C11H16N2O5S2/c1-3-5-12-10(14)7(2)13-20(17,18)8-4-6-19-9(8)11(15)16/h4,6-7,13H,3,5H2,1-2H3,(H,12,14)(H,15,16). The van der Waals surface area contributed by atoms with E-state index in [0.717, 1.165) is 17.8 Å². The molecule has 1 amide bonds. The van der Waals surface area contributed by atoms with E-state index in [1.165, 1.54) is 18.4 Å². The molecule has 20 heavy (non-hydrogen) atoms. The Morgan fingerprint density at radius 1 is 1.45 bits per heavy atom. The molecule has 1 heterocycles. The van der Waals surface area contributed by atoms with Crippen molar-refractivity contribution in [2.45, 2.75) is 31.2 Å². The highest BCUT2D eigenvalue weighted by Gasteiger charge is 2.27. The first-order valence-electron chi connectivity index (χ1n) is 5.90. The van der Waals surface area contributed by atoms with E-state index < -0.39 is 27.9 Å². The van der Waals surface area contributed by atoms with Crippen molar-refractivity contribution in [3.8, 4) is 0 Å². The lowest BCUT2D eigenvalue weighted by Gasteiger charge is -2.13. The van der Waals surface area contributed by atoms with Crippen molar-refractivity contribution in [3.63, 3.8) is 0 Å². The molecule has 0 spiro atoms. The second-order valence-electron chi connectivity index (χ2n) is 4.05. The maximum atomic E-state index is 12.1. The van der Waals surface area contributed by atoms with Gasteiger partial charge in [-0.05, 0) is 24.8 Å². The number of carboxylic acids is 1. The number of rotatable bonds is 7. The maximum absolute atomic E-state index is 12.1. The third kappa shape index (κ3) is 4.02. The van der Waals surface area contributed by atoms with Crippen LogP contribution in [0.4, 0.5) is 0 Å². The Hall–Kier alpha value is -1.45. The van der Waals surface area contributed by atoms with Crippen LogP contribution < -0.4 is 10.0 Å². The summed E-state index contributed by atoms with van der Waals surface area (Å²) in [6.07, 6.45) is 0.735. The van der Waals surface area contributed by atoms with E-state index in [-0.39, 0.29) is 9.77 Å². The summed E-state index contributed by atoms with van der Waals surface area (Å²) in [4.78, 5) is 21.9. The van der Waals surface area contributed by atoms with Gasteiger partial charge in [0.05, 0.1) is 6.04 Å².